The molecule has 0 radical (unpaired) electrons. The van der Waals surface area contributed by atoms with Gasteiger partial charge in [0, 0.05) is 11.1 Å². The molecule has 0 fully saturated rings. The Morgan fingerprint density at radius 2 is 0.854 bits per heavy atom. The van der Waals surface area contributed by atoms with Gasteiger partial charge in [-0.2, -0.15) is 0 Å². The molecule has 0 aliphatic carbocycles. The number of ether oxygens (including phenoxy) is 2. The highest BCUT2D eigenvalue weighted by Crippen LogP contribution is 2.26. The lowest BCUT2D eigenvalue weighted by molar-refractivity contribution is -0.132. The fourth-order valence-electron chi connectivity index (χ4n) is 3.76. The molecule has 0 aliphatic rings. The highest BCUT2D eigenvalue weighted by molar-refractivity contribution is 6.16. The molecule has 41 heavy (non-hydrogen) atoms. The smallest absolute Gasteiger partial charge is 0.343 e. The Hall–Kier alpha value is -5.36. The van der Waals surface area contributed by atoms with Crippen molar-refractivity contribution in [1.82, 2.24) is 0 Å². The molecule has 6 nitrogen and oxygen atoms in total. The summed E-state index contributed by atoms with van der Waals surface area (Å²) in [7, 11) is 0. The van der Waals surface area contributed by atoms with E-state index in [-0.39, 0.29) is 11.5 Å². The molecule has 0 atom stereocenters. The zero-order chi connectivity index (χ0) is 29.2. The van der Waals surface area contributed by atoms with Gasteiger partial charge in [0.1, 0.15) is 11.5 Å². The fraction of sp³-hybridized carbons (Fsp3) is 0.0857. The standard InChI is InChI=1S/C35H28O6/c1-35(2,31(36)23-21-25-13-9-11-19-29(25)40-33(38)27-15-5-3-6-16-27)32(37)24-22-26-14-10-12-20-30(26)41-34(39)28-17-7-4-8-18-28/h3-24H,1-2H3/b23-21+,24-22+. The Kier molecular flexibility index (Phi) is 9.17. The maximum atomic E-state index is 13.1. The van der Waals surface area contributed by atoms with E-state index in [2.05, 4.69) is 0 Å². The molecule has 4 aromatic rings. The predicted octanol–water partition coefficient (Wildman–Crippen LogP) is 7.02. The van der Waals surface area contributed by atoms with Crippen LogP contribution in [-0.2, 0) is 9.59 Å². The minimum absolute atomic E-state index is 0.288. The normalized spacial score (nSPS) is 11.4. The Labute approximate surface area is 238 Å². The molecule has 0 bridgehead atoms. The van der Waals surface area contributed by atoms with Crippen LogP contribution in [0.3, 0.4) is 0 Å². The van der Waals surface area contributed by atoms with Crippen LogP contribution in [0.2, 0.25) is 0 Å². The summed E-state index contributed by atoms with van der Waals surface area (Å²) in [5.74, 6) is -1.33. The van der Waals surface area contributed by atoms with Gasteiger partial charge < -0.3 is 9.47 Å². The Morgan fingerprint density at radius 1 is 0.512 bits per heavy atom. The SMILES string of the molecule is CC(C)(C(=O)/C=C/c1ccccc1OC(=O)c1ccccc1)C(=O)/C=C/c1ccccc1OC(=O)c1ccccc1. The number of esters is 2. The van der Waals surface area contributed by atoms with E-state index >= 15 is 0 Å². The van der Waals surface area contributed by atoms with Gasteiger partial charge in [-0.1, -0.05) is 72.8 Å². The molecule has 4 aromatic carbocycles. The highest BCUT2D eigenvalue weighted by Gasteiger charge is 2.32. The van der Waals surface area contributed by atoms with Crippen LogP contribution in [0.15, 0.2) is 121 Å². The Morgan fingerprint density at radius 3 is 1.24 bits per heavy atom. The summed E-state index contributed by atoms with van der Waals surface area (Å²) in [6.45, 7) is 3.07. The molecule has 0 amide bonds. The van der Waals surface area contributed by atoms with Gasteiger partial charge in [0.2, 0.25) is 0 Å². The zero-order valence-corrected chi connectivity index (χ0v) is 22.7. The molecule has 0 heterocycles. The van der Waals surface area contributed by atoms with Gasteiger partial charge in [-0.25, -0.2) is 9.59 Å². The second kappa shape index (κ2) is 13.1. The average molecular weight is 545 g/mol. The third-order valence-corrected chi connectivity index (χ3v) is 6.32. The largest absolute Gasteiger partial charge is 0.422 e. The Bertz CT molecular complexity index is 1490. The lowest BCUT2D eigenvalue weighted by atomic mass is 9.82. The number of rotatable bonds is 10. The topological polar surface area (TPSA) is 86.7 Å². The first kappa shape index (κ1) is 28.6. The minimum atomic E-state index is -1.38. The van der Waals surface area contributed by atoms with E-state index in [9.17, 15) is 19.2 Å². The van der Waals surface area contributed by atoms with Crippen LogP contribution < -0.4 is 9.47 Å². The van der Waals surface area contributed by atoms with Gasteiger partial charge in [0.15, 0.2) is 11.6 Å². The van der Waals surface area contributed by atoms with Crippen molar-refractivity contribution in [2.75, 3.05) is 0 Å². The van der Waals surface area contributed by atoms with E-state index in [0.29, 0.717) is 22.3 Å². The number of carbonyl (C=O) groups excluding carboxylic acids is 4. The van der Waals surface area contributed by atoms with Gasteiger partial charge in [-0.3, -0.25) is 9.59 Å². The van der Waals surface area contributed by atoms with Crippen LogP contribution >= 0.6 is 0 Å². The van der Waals surface area contributed by atoms with E-state index in [1.165, 1.54) is 38.2 Å². The zero-order valence-electron chi connectivity index (χ0n) is 22.7. The quantitative estimate of drug-likeness (QED) is 0.0923. The molecule has 0 unspecified atom stereocenters. The van der Waals surface area contributed by atoms with Crippen LogP contribution in [0.25, 0.3) is 12.2 Å². The highest BCUT2D eigenvalue weighted by atomic mass is 16.5. The molecule has 0 aromatic heterocycles. The van der Waals surface area contributed by atoms with Crippen LogP contribution in [-0.4, -0.2) is 23.5 Å². The van der Waals surface area contributed by atoms with E-state index in [1.807, 2.05) is 0 Å². The second-order valence-corrected chi connectivity index (χ2v) is 9.61. The van der Waals surface area contributed by atoms with Crippen LogP contribution in [0.1, 0.15) is 45.7 Å². The summed E-state index contributed by atoms with van der Waals surface area (Å²) < 4.78 is 11.1. The van der Waals surface area contributed by atoms with E-state index in [4.69, 9.17) is 9.47 Å². The molecule has 0 aliphatic heterocycles. The molecule has 204 valence electrons. The molecule has 0 saturated heterocycles. The summed E-state index contributed by atoms with van der Waals surface area (Å²) in [5.41, 5.74) is 0.448. The first-order chi connectivity index (χ1) is 19.8. The summed E-state index contributed by atoms with van der Waals surface area (Å²) in [6, 6.07) is 30.8. The number of ketones is 2. The molecule has 0 N–H and O–H groups in total. The van der Waals surface area contributed by atoms with E-state index in [0.717, 1.165) is 0 Å². The number of carbonyl (C=O) groups is 4. The van der Waals surface area contributed by atoms with Crippen LogP contribution in [0.5, 0.6) is 11.5 Å². The van der Waals surface area contributed by atoms with Crippen molar-refractivity contribution in [2.45, 2.75) is 13.8 Å². The minimum Gasteiger partial charge on any atom is -0.422 e. The number of hydrogen-bond donors (Lipinski definition) is 0. The van der Waals surface area contributed by atoms with Gasteiger partial charge in [0.25, 0.3) is 0 Å². The average Bonchev–Trinajstić information content (AvgIpc) is 3.00. The van der Waals surface area contributed by atoms with Crippen molar-refractivity contribution in [3.63, 3.8) is 0 Å². The third kappa shape index (κ3) is 7.40. The second-order valence-electron chi connectivity index (χ2n) is 9.61. The number of benzene rings is 4. The van der Waals surface area contributed by atoms with Gasteiger partial charge in [-0.05, 0) is 74.5 Å². The lowest BCUT2D eigenvalue weighted by Crippen LogP contribution is -2.30. The molecular weight excluding hydrogens is 516 g/mol. The van der Waals surface area contributed by atoms with Gasteiger partial charge in [-0.15, -0.1) is 0 Å². The van der Waals surface area contributed by atoms with E-state index < -0.39 is 28.9 Å². The first-order valence-corrected chi connectivity index (χ1v) is 12.9. The number of allylic oxidation sites excluding steroid dienone is 2. The summed E-state index contributed by atoms with van der Waals surface area (Å²) in [4.78, 5) is 51.2. The third-order valence-electron chi connectivity index (χ3n) is 6.32. The van der Waals surface area contributed by atoms with Gasteiger partial charge >= 0.3 is 11.9 Å². The van der Waals surface area contributed by atoms with Gasteiger partial charge in [0.05, 0.1) is 16.5 Å². The molecule has 6 heteroatoms. The van der Waals surface area contributed by atoms with Crippen molar-refractivity contribution in [1.29, 1.82) is 0 Å². The molecule has 4 rings (SSSR count). The predicted molar refractivity (Wildman–Crippen MR) is 158 cm³/mol. The molecule has 0 spiro atoms. The maximum absolute atomic E-state index is 13.1. The van der Waals surface area contributed by atoms with Crippen molar-refractivity contribution in [3.05, 3.63) is 144 Å². The van der Waals surface area contributed by atoms with Crippen molar-refractivity contribution >= 4 is 35.7 Å². The van der Waals surface area contributed by atoms with Crippen LogP contribution in [0, 0.1) is 5.41 Å². The maximum Gasteiger partial charge on any atom is 0.343 e. The Balaban J connectivity index is 1.45. The monoisotopic (exact) mass is 544 g/mol. The lowest BCUT2D eigenvalue weighted by Gasteiger charge is -2.17. The summed E-state index contributed by atoms with van der Waals surface area (Å²) in [6.07, 6.45) is 5.65. The number of hydrogen-bond acceptors (Lipinski definition) is 6. The summed E-state index contributed by atoms with van der Waals surface area (Å²) in [5, 5.41) is 0. The molecule has 0 saturated carbocycles. The van der Waals surface area contributed by atoms with Crippen molar-refractivity contribution in [3.8, 4) is 11.5 Å². The number of para-hydroxylation sites is 2. The van der Waals surface area contributed by atoms with Crippen molar-refractivity contribution < 1.29 is 28.7 Å². The molecular formula is C35H28O6. The van der Waals surface area contributed by atoms with E-state index in [1.54, 1.807) is 109 Å². The first-order valence-electron chi connectivity index (χ1n) is 12.9. The van der Waals surface area contributed by atoms with Crippen LogP contribution in [0.4, 0.5) is 0 Å². The fourth-order valence-corrected chi connectivity index (χ4v) is 3.76. The summed E-state index contributed by atoms with van der Waals surface area (Å²) >= 11 is 0. The van der Waals surface area contributed by atoms with Crippen molar-refractivity contribution in [2.24, 2.45) is 5.41 Å².